The van der Waals surface area contributed by atoms with Gasteiger partial charge >= 0.3 is 5.97 Å². The molecular formula is C18H17NO5. The summed E-state index contributed by atoms with van der Waals surface area (Å²) in [6, 6.07) is 11.3. The Kier molecular flexibility index (Phi) is 5.70. The van der Waals surface area contributed by atoms with E-state index in [0.717, 1.165) is 0 Å². The lowest BCUT2D eigenvalue weighted by atomic mass is 10.1. The van der Waals surface area contributed by atoms with Crippen molar-refractivity contribution in [3.8, 4) is 5.75 Å². The molecule has 0 radical (unpaired) electrons. The molecule has 0 bridgehead atoms. The van der Waals surface area contributed by atoms with Crippen LogP contribution in [0.15, 0.2) is 48.5 Å². The molecule has 0 saturated carbocycles. The van der Waals surface area contributed by atoms with Gasteiger partial charge in [-0.15, -0.1) is 0 Å². The number of benzene rings is 2. The van der Waals surface area contributed by atoms with Gasteiger partial charge in [0.05, 0.1) is 25.0 Å². The smallest absolute Gasteiger partial charge is 0.337 e. The molecule has 0 spiro atoms. The fraction of sp³-hybridized carbons (Fsp3) is 0.111. The number of aromatic carboxylic acids is 1. The highest BCUT2D eigenvalue weighted by molar-refractivity contribution is 6.06. The molecule has 0 fully saturated rings. The largest absolute Gasteiger partial charge is 0.496 e. The summed E-state index contributed by atoms with van der Waals surface area (Å²) >= 11 is 0. The van der Waals surface area contributed by atoms with Crippen LogP contribution in [0, 0.1) is 0 Å². The molecule has 6 nitrogen and oxygen atoms in total. The Labute approximate surface area is 139 Å². The van der Waals surface area contributed by atoms with Gasteiger partial charge in [0.25, 0.3) is 0 Å². The van der Waals surface area contributed by atoms with E-state index in [9.17, 15) is 14.7 Å². The Morgan fingerprint density at radius 3 is 2.62 bits per heavy atom. The second-order valence-electron chi connectivity index (χ2n) is 4.90. The van der Waals surface area contributed by atoms with E-state index >= 15 is 0 Å². The summed E-state index contributed by atoms with van der Waals surface area (Å²) in [6.45, 7) is -0.139. The number of amides is 1. The van der Waals surface area contributed by atoms with Gasteiger partial charge in [0.15, 0.2) is 0 Å². The Morgan fingerprint density at radius 2 is 1.96 bits per heavy atom. The molecule has 1 amide bonds. The second-order valence-corrected chi connectivity index (χ2v) is 4.90. The lowest BCUT2D eigenvalue weighted by Crippen LogP contribution is -2.11. The van der Waals surface area contributed by atoms with E-state index in [2.05, 4.69) is 5.32 Å². The minimum atomic E-state index is -1.11. The number of carbonyl (C=O) groups is 2. The molecule has 2 rings (SSSR count). The molecule has 0 aromatic heterocycles. The van der Waals surface area contributed by atoms with Crippen LogP contribution in [0.2, 0.25) is 0 Å². The molecule has 0 aliphatic rings. The number of nitrogens with one attached hydrogen (secondary N) is 1. The number of ether oxygens (including phenoxy) is 1. The molecular weight excluding hydrogens is 310 g/mol. The van der Waals surface area contributed by atoms with Crippen molar-refractivity contribution in [2.45, 2.75) is 6.61 Å². The zero-order valence-corrected chi connectivity index (χ0v) is 13.0. The van der Waals surface area contributed by atoms with Crippen molar-refractivity contribution in [1.82, 2.24) is 0 Å². The van der Waals surface area contributed by atoms with Gasteiger partial charge in [-0.05, 0) is 29.8 Å². The number of hydrogen-bond acceptors (Lipinski definition) is 4. The monoisotopic (exact) mass is 327 g/mol. The summed E-state index contributed by atoms with van der Waals surface area (Å²) in [5, 5.41) is 20.8. The molecule has 3 N–H and O–H groups in total. The van der Waals surface area contributed by atoms with E-state index in [1.54, 1.807) is 36.4 Å². The van der Waals surface area contributed by atoms with Crippen LogP contribution in [0.4, 0.5) is 5.69 Å². The van der Waals surface area contributed by atoms with Gasteiger partial charge in [-0.25, -0.2) is 4.79 Å². The molecule has 2 aromatic rings. The van der Waals surface area contributed by atoms with Gasteiger partial charge in [-0.2, -0.15) is 0 Å². The van der Waals surface area contributed by atoms with Crippen molar-refractivity contribution in [1.29, 1.82) is 0 Å². The van der Waals surface area contributed by atoms with E-state index < -0.39 is 11.9 Å². The van der Waals surface area contributed by atoms with Crippen LogP contribution in [0.1, 0.15) is 21.5 Å². The first-order chi connectivity index (χ1) is 11.5. The summed E-state index contributed by atoms with van der Waals surface area (Å²) in [4.78, 5) is 23.1. The Bertz CT molecular complexity index is 783. The minimum Gasteiger partial charge on any atom is -0.496 e. The van der Waals surface area contributed by atoms with Crippen molar-refractivity contribution in [3.05, 3.63) is 65.2 Å². The zero-order valence-electron chi connectivity index (χ0n) is 13.0. The number of anilines is 1. The van der Waals surface area contributed by atoms with Gasteiger partial charge in [0.2, 0.25) is 5.91 Å². The number of rotatable bonds is 6. The predicted octanol–water partition coefficient (Wildman–Crippen LogP) is 2.54. The summed E-state index contributed by atoms with van der Waals surface area (Å²) < 4.78 is 5.16. The van der Waals surface area contributed by atoms with E-state index in [0.29, 0.717) is 16.9 Å². The minimum absolute atomic E-state index is 0.0215. The maximum atomic E-state index is 12.0. The van der Waals surface area contributed by atoms with E-state index in [1.165, 1.54) is 25.3 Å². The first kappa shape index (κ1) is 17.2. The van der Waals surface area contributed by atoms with Gasteiger partial charge in [0.1, 0.15) is 5.75 Å². The maximum Gasteiger partial charge on any atom is 0.337 e. The van der Waals surface area contributed by atoms with E-state index in [4.69, 9.17) is 9.84 Å². The van der Waals surface area contributed by atoms with Gasteiger partial charge in [0, 0.05) is 11.6 Å². The molecule has 0 aliphatic carbocycles. The van der Waals surface area contributed by atoms with E-state index in [1.807, 2.05) is 0 Å². The fourth-order valence-corrected chi connectivity index (χ4v) is 2.12. The maximum absolute atomic E-state index is 12.0. The van der Waals surface area contributed by atoms with Crippen molar-refractivity contribution in [3.63, 3.8) is 0 Å². The van der Waals surface area contributed by atoms with Gasteiger partial charge in [-0.1, -0.05) is 24.3 Å². The molecule has 0 unspecified atom stereocenters. The lowest BCUT2D eigenvalue weighted by Gasteiger charge is -2.07. The van der Waals surface area contributed by atoms with Crippen LogP contribution < -0.4 is 10.1 Å². The number of methoxy groups -OCH3 is 1. The second kappa shape index (κ2) is 7.94. The van der Waals surface area contributed by atoms with E-state index in [-0.39, 0.29) is 17.9 Å². The van der Waals surface area contributed by atoms with Crippen molar-refractivity contribution in [2.24, 2.45) is 0 Å². The average Bonchev–Trinajstić information content (AvgIpc) is 2.59. The number of para-hydroxylation sites is 1. The highest BCUT2D eigenvalue weighted by Crippen LogP contribution is 2.21. The molecule has 0 saturated heterocycles. The van der Waals surface area contributed by atoms with Gasteiger partial charge in [-0.3, -0.25) is 4.79 Å². The summed E-state index contributed by atoms with van der Waals surface area (Å²) in [5.41, 5.74) is 1.61. The fourth-order valence-electron chi connectivity index (χ4n) is 2.12. The molecule has 0 atom stereocenters. The van der Waals surface area contributed by atoms with Crippen molar-refractivity contribution >= 4 is 23.6 Å². The Balaban J connectivity index is 2.13. The third-order valence-electron chi connectivity index (χ3n) is 3.32. The van der Waals surface area contributed by atoms with Crippen molar-refractivity contribution < 1.29 is 24.5 Å². The molecule has 2 aromatic carbocycles. The molecule has 6 heteroatoms. The number of aliphatic hydroxyl groups is 1. The third-order valence-corrected chi connectivity index (χ3v) is 3.32. The standard InChI is InChI=1S/C18H17NO5/c1-24-16-10-12(6-8-13(16)11-20)7-9-17(21)19-15-5-3-2-4-14(15)18(22)23/h2-10,20H,11H2,1H3,(H,19,21)(H,22,23)/b9-7+. The topological polar surface area (TPSA) is 95.9 Å². The highest BCUT2D eigenvalue weighted by atomic mass is 16.5. The Hall–Kier alpha value is -3.12. The SMILES string of the molecule is COc1cc(/C=C/C(=O)Nc2ccccc2C(=O)O)ccc1CO. The molecule has 24 heavy (non-hydrogen) atoms. The lowest BCUT2D eigenvalue weighted by molar-refractivity contribution is -0.111. The first-order valence-electron chi connectivity index (χ1n) is 7.14. The van der Waals surface area contributed by atoms with Crippen LogP contribution in [0.5, 0.6) is 5.75 Å². The van der Waals surface area contributed by atoms with Crippen LogP contribution in [0.3, 0.4) is 0 Å². The van der Waals surface area contributed by atoms with Crippen LogP contribution in [0.25, 0.3) is 6.08 Å². The first-order valence-corrected chi connectivity index (χ1v) is 7.14. The zero-order chi connectivity index (χ0) is 17.5. The quantitative estimate of drug-likeness (QED) is 0.709. The van der Waals surface area contributed by atoms with Crippen LogP contribution >= 0.6 is 0 Å². The molecule has 0 aliphatic heterocycles. The number of carbonyl (C=O) groups excluding carboxylic acids is 1. The molecule has 0 heterocycles. The summed E-state index contributed by atoms with van der Waals surface area (Å²) in [7, 11) is 1.50. The summed E-state index contributed by atoms with van der Waals surface area (Å²) in [6.07, 6.45) is 2.87. The Morgan fingerprint density at radius 1 is 1.21 bits per heavy atom. The van der Waals surface area contributed by atoms with Crippen molar-refractivity contribution in [2.75, 3.05) is 12.4 Å². The molecule has 124 valence electrons. The summed E-state index contributed by atoms with van der Waals surface area (Å²) in [5.74, 6) is -1.04. The number of carboxylic acids is 1. The average molecular weight is 327 g/mol. The third kappa shape index (κ3) is 4.21. The number of aliphatic hydroxyl groups excluding tert-OH is 1. The normalized spacial score (nSPS) is 10.6. The van der Waals surface area contributed by atoms with Crippen LogP contribution in [-0.2, 0) is 11.4 Å². The highest BCUT2D eigenvalue weighted by Gasteiger charge is 2.10. The predicted molar refractivity (Wildman–Crippen MR) is 90.0 cm³/mol. The number of hydrogen-bond donors (Lipinski definition) is 3. The van der Waals surface area contributed by atoms with Crippen LogP contribution in [-0.4, -0.2) is 29.2 Å². The van der Waals surface area contributed by atoms with Gasteiger partial charge < -0.3 is 20.3 Å². The number of carboxylic acid groups (broad SMARTS) is 1.